The Morgan fingerprint density at radius 3 is 2.62 bits per heavy atom. The van der Waals surface area contributed by atoms with E-state index in [1.54, 1.807) is 17.9 Å². The molecule has 13 heteroatoms. The van der Waals surface area contributed by atoms with E-state index in [1.165, 1.54) is 4.90 Å². The average Bonchev–Trinajstić information content (AvgIpc) is 3.51. The number of amides is 5. The zero-order valence-corrected chi connectivity index (χ0v) is 21.4. The number of carbonyl (C=O) groups excluding carboxylic acids is 4. The number of benzene rings is 2. The minimum Gasteiger partial charge on any atom is -0.374 e. The van der Waals surface area contributed by atoms with Gasteiger partial charge in [-0.05, 0) is 24.1 Å². The Balaban J connectivity index is 1.35. The molecule has 0 bridgehead atoms. The smallest absolute Gasteiger partial charge is 0.328 e. The highest BCUT2D eigenvalue weighted by Gasteiger charge is 2.63. The quantitative estimate of drug-likeness (QED) is 0.461. The molecule has 39 heavy (non-hydrogen) atoms. The predicted octanol–water partition coefficient (Wildman–Crippen LogP) is 2.88. The standard InChI is InChI=1S/C26H22FN5O6S/c1-12-20-26(22(33)28-24(35)29-23(26)34)10-14-9-15-19(17(27)18(14)31(20)7-8-37-12)38-30-21(15)32-11-16(39-25(32)36)13-5-3-2-4-6-13/h2-6,9,12,16,20H,7-8,10-11H2,1H3,(H2,28,29,33,34,35)/t12-,16?,20?/m0/s1. The summed E-state index contributed by atoms with van der Waals surface area (Å²) in [5, 5.41) is 8.38. The molecule has 2 aromatic carbocycles. The Kier molecular flexibility index (Phi) is 5.26. The molecule has 1 aromatic heterocycles. The number of halogens is 1. The van der Waals surface area contributed by atoms with E-state index in [2.05, 4.69) is 15.8 Å². The van der Waals surface area contributed by atoms with Gasteiger partial charge in [0.25, 0.3) is 5.24 Å². The molecule has 0 radical (unpaired) electrons. The Bertz CT molecular complexity index is 1560. The van der Waals surface area contributed by atoms with Gasteiger partial charge in [0.15, 0.2) is 17.1 Å². The van der Waals surface area contributed by atoms with Gasteiger partial charge in [-0.2, -0.15) is 0 Å². The van der Waals surface area contributed by atoms with Gasteiger partial charge in [0.2, 0.25) is 17.4 Å². The summed E-state index contributed by atoms with van der Waals surface area (Å²) in [5.74, 6) is -2.06. The summed E-state index contributed by atoms with van der Waals surface area (Å²) in [5.41, 5.74) is -0.319. The number of aromatic nitrogens is 1. The normalized spacial score (nSPS) is 26.1. The van der Waals surface area contributed by atoms with E-state index in [1.807, 2.05) is 30.3 Å². The molecule has 3 fully saturated rings. The van der Waals surface area contributed by atoms with E-state index in [4.69, 9.17) is 9.26 Å². The van der Waals surface area contributed by atoms with E-state index >= 15 is 4.39 Å². The van der Waals surface area contributed by atoms with Crippen LogP contribution in [-0.2, 0) is 20.7 Å². The SMILES string of the molecule is C[C@@H]1OCCN2c3c(cc4c(N5CC(c6ccccc6)SC5=O)noc4c3F)CC3(C(=O)NC(=O)NC3=O)C12. The molecule has 1 spiro atoms. The minimum atomic E-state index is -1.74. The van der Waals surface area contributed by atoms with Gasteiger partial charge in [-0.15, -0.1) is 0 Å². The lowest BCUT2D eigenvalue weighted by atomic mass is 9.66. The summed E-state index contributed by atoms with van der Waals surface area (Å²) in [6.45, 7) is 2.48. The van der Waals surface area contributed by atoms with Gasteiger partial charge in [0, 0.05) is 19.5 Å². The van der Waals surface area contributed by atoms with Crippen molar-refractivity contribution >= 4 is 57.3 Å². The topological polar surface area (TPSA) is 134 Å². The van der Waals surface area contributed by atoms with Crippen LogP contribution in [-0.4, -0.2) is 60.1 Å². The van der Waals surface area contributed by atoms with Crippen molar-refractivity contribution in [1.82, 2.24) is 15.8 Å². The summed E-state index contributed by atoms with van der Waals surface area (Å²) < 4.78 is 27.5. The predicted molar refractivity (Wildman–Crippen MR) is 138 cm³/mol. The lowest BCUT2D eigenvalue weighted by Gasteiger charge is -2.54. The minimum absolute atomic E-state index is 0.119. The van der Waals surface area contributed by atoms with Crippen LogP contribution in [0.25, 0.3) is 11.0 Å². The molecule has 11 nitrogen and oxygen atoms in total. The number of rotatable bonds is 2. The Morgan fingerprint density at radius 2 is 1.87 bits per heavy atom. The zero-order valence-electron chi connectivity index (χ0n) is 20.6. The summed E-state index contributed by atoms with van der Waals surface area (Å²) in [7, 11) is 0. The number of nitrogens with zero attached hydrogens (tertiary/aromatic N) is 3. The van der Waals surface area contributed by atoms with Crippen LogP contribution in [0.1, 0.15) is 23.3 Å². The maximum absolute atomic E-state index is 16.2. The number of imide groups is 2. The van der Waals surface area contributed by atoms with Gasteiger partial charge in [0.1, 0.15) is 0 Å². The van der Waals surface area contributed by atoms with Crippen molar-refractivity contribution in [3.63, 3.8) is 0 Å². The average molecular weight is 552 g/mol. The van der Waals surface area contributed by atoms with E-state index in [0.29, 0.717) is 12.1 Å². The molecule has 7 rings (SSSR count). The third kappa shape index (κ3) is 3.35. The summed E-state index contributed by atoms with van der Waals surface area (Å²) in [6, 6.07) is 9.43. The summed E-state index contributed by atoms with van der Waals surface area (Å²) in [6.07, 6.45) is -0.805. The van der Waals surface area contributed by atoms with Crippen molar-refractivity contribution in [2.45, 2.75) is 30.7 Å². The molecule has 2 N–H and O–H groups in total. The van der Waals surface area contributed by atoms with Gasteiger partial charge < -0.3 is 14.2 Å². The monoisotopic (exact) mass is 551 g/mol. The number of thioether (sulfide) groups is 1. The number of urea groups is 1. The number of ether oxygens (including phenoxy) is 1. The molecule has 3 aromatic rings. The number of nitrogens with one attached hydrogen (secondary N) is 2. The molecule has 5 heterocycles. The lowest BCUT2D eigenvalue weighted by molar-refractivity contribution is -0.151. The Morgan fingerprint density at radius 1 is 1.13 bits per heavy atom. The highest BCUT2D eigenvalue weighted by Crippen LogP contribution is 2.50. The first kappa shape index (κ1) is 24.1. The molecular weight excluding hydrogens is 529 g/mol. The van der Waals surface area contributed by atoms with Crippen LogP contribution >= 0.6 is 11.8 Å². The molecule has 4 aliphatic heterocycles. The molecule has 5 amide bonds. The first-order valence-corrected chi connectivity index (χ1v) is 13.4. The maximum Gasteiger partial charge on any atom is 0.328 e. The summed E-state index contributed by atoms with van der Waals surface area (Å²) in [4.78, 5) is 54.7. The molecule has 200 valence electrons. The van der Waals surface area contributed by atoms with Gasteiger partial charge >= 0.3 is 6.03 Å². The van der Waals surface area contributed by atoms with E-state index in [0.717, 1.165) is 17.3 Å². The first-order chi connectivity index (χ1) is 18.8. The number of carbonyl (C=O) groups is 4. The molecule has 0 saturated carbocycles. The number of morpholine rings is 1. The lowest BCUT2D eigenvalue weighted by Crippen LogP contribution is -2.74. The molecular formula is C26H22FN5O6S. The fraction of sp³-hybridized carbons (Fsp3) is 0.346. The molecule has 3 atom stereocenters. The third-order valence-corrected chi connectivity index (χ3v) is 9.12. The highest BCUT2D eigenvalue weighted by molar-refractivity contribution is 8.14. The maximum atomic E-state index is 16.2. The fourth-order valence-electron chi connectivity index (χ4n) is 6.32. The van der Waals surface area contributed by atoms with Crippen LogP contribution in [0.3, 0.4) is 0 Å². The van der Waals surface area contributed by atoms with Gasteiger partial charge in [0.05, 0.1) is 35.1 Å². The van der Waals surface area contributed by atoms with Gasteiger partial charge in [-0.1, -0.05) is 47.3 Å². The molecule has 3 saturated heterocycles. The van der Waals surface area contributed by atoms with Crippen molar-refractivity contribution in [2.24, 2.45) is 5.41 Å². The van der Waals surface area contributed by atoms with Crippen molar-refractivity contribution < 1.29 is 32.8 Å². The number of barbiturate groups is 1. The second kappa shape index (κ2) is 8.52. The number of anilines is 2. The molecule has 4 aliphatic rings. The highest BCUT2D eigenvalue weighted by atomic mass is 32.2. The largest absolute Gasteiger partial charge is 0.374 e. The van der Waals surface area contributed by atoms with Crippen molar-refractivity contribution in [3.05, 3.63) is 53.3 Å². The van der Waals surface area contributed by atoms with E-state index < -0.39 is 41.2 Å². The third-order valence-electron chi connectivity index (χ3n) is 8.00. The van der Waals surface area contributed by atoms with Crippen LogP contribution in [0.15, 0.2) is 40.9 Å². The van der Waals surface area contributed by atoms with E-state index in [9.17, 15) is 19.2 Å². The Labute approximate surface area is 225 Å². The zero-order chi connectivity index (χ0) is 27.1. The van der Waals surface area contributed by atoms with Crippen LogP contribution in [0.4, 0.5) is 25.5 Å². The van der Waals surface area contributed by atoms with Crippen molar-refractivity contribution in [3.8, 4) is 0 Å². The summed E-state index contributed by atoms with van der Waals surface area (Å²) >= 11 is 1.15. The number of hydrogen-bond acceptors (Lipinski definition) is 9. The molecule has 2 unspecified atom stereocenters. The van der Waals surface area contributed by atoms with Crippen LogP contribution < -0.4 is 20.4 Å². The second-order valence-corrected chi connectivity index (χ2v) is 11.2. The fourth-order valence-corrected chi connectivity index (χ4v) is 7.37. The number of hydrogen-bond donors (Lipinski definition) is 2. The second-order valence-electron chi connectivity index (χ2n) is 10.1. The van der Waals surface area contributed by atoms with Crippen LogP contribution in [0, 0.1) is 11.2 Å². The Hall–Kier alpha value is -3.97. The van der Waals surface area contributed by atoms with Crippen LogP contribution in [0.5, 0.6) is 0 Å². The van der Waals surface area contributed by atoms with Gasteiger partial charge in [-0.3, -0.25) is 29.9 Å². The van der Waals surface area contributed by atoms with Gasteiger partial charge in [-0.25, -0.2) is 9.18 Å². The van der Waals surface area contributed by atoms with Crippen molar-refractivity contribution in [2.75, 3.05) is 29.5 Å². The number of fused-ring (bicyclic) bond motifs is 5. The van der Waals surface area contributed by atoms with Crippen LogP contribution in [0.2, 0.25) is 0 Å². The first-order valence-electron chi connectivity index (χ1n) is 12.5. The van der Waals surface area contributed by atoms with Crippen molar-refractivity contribution in [1.29, 1.82) is 0 Å². The van der Waals surface area contributed by atoms with E-state index in [-0.39, 0.29) is 52.5 Å². The molecule has 0 aliphatic carbocycles.